The van der Waals surface area contributed by atoms with Crippen molar-refractivity contribution < 1.29 is 0 Å². The molecule has 1 aromatic rings. The fraction of sp³-hybridized carbons (Fsp3) is 0.300. The number of alkyl halides is 1. The van der Waals surface area contributed by atoms with Crippen LogP contribution < -0.4 is 0 Å². The van der Waals surface area contributed by atoms with E-state index < -0.39 is 4.87 Å². The maximum absolute atomic E-state index is 6.32. The predicted octanol–water partition coefficient (Wildman–Crippen LogP) is 3.25. The van der Waals surface area contributed by atoms with Gasteiger partial charge in [0.05, 0.1) is 5.69 Å². The zero-order valence-electron chi connectivity index (χ0n) is 7.13. The number of benzene rings is 1. The second kappa shape index (κ2) is 2.33. The quantitative estimate of drug-likeness (QED) is 0.543. The molecule has 1 nitrogen and oxygen atoms in total. The Bertz CT molecular complexity index is 353. The van der Waals surface area contributed by atoms with Crippen LogP contribution in [0, 0.1) is 0 Å². The van der Waals surface area contributed by atoms with Crippen molar-refractivity contribution in [2.75, 3.05) is 0 Å². The Labute approximate surface area is 77.1 Å². The van der Waals surface area contributed by atoms with Crippen molar-refractivity contribution in [3.63, 3.8) is 0 Å². The highest BCUT2D eigenvalue weighted by Gasteiger charge is 2.33. The standard InChI is InChI=1S/C10H10ClN/c1-7-10(2,11)8-5-3-4-6-9(8)12-7/h3-6H,1-2H3. The van der Waals surface area contributed by atoms with Gasteiger partial charge in [0.1, 0.15) is 4.87 Å². The maximum atomic E-state index is 6.32. The summed E-state index contributed by atoms with van der Waals surface area (Å²) >= 11 is 6.32. The monoisotopic (exact) mass is 179 g/mol. The number of rotatable bonds is 0. The summed E-state index contributed by atoms with van der Waals surface area (Å²) in [5, 5.41) is 0. The lowest BCUT2D eigenvalue weighted by molar-refractivity contribution is 0.940. The highest BCUT2D eigenvalue weighted by atomic mass is 35.5. The lowest BCUT2D eigenvalue weighted by Crippen LogP contribution is -2.19. The van der Waals surface area contributed by atoms with Crippen LogP contribution >= 0.6 is 11.6 Å². The summed E-state index contributed by atoms with van der Waals surface area (Å²) in [6, 6.07) is 8.00. The second-order valence-electron chi connectivity index (χ2n) is 3.22. The van der Waals surface area contributed by atoms with Gasteiger partial charge in [-0.05, 0) is 19.9 Å². The summed E-state index contributed by atoms with van der Waals surface area (Å²) < 4.78 is 0. The zero-order valence-corrected chi connectivity index (χ0v) is 7.89. The van der Waals surface area contributed by atoms with E-state index in [9.17, 15) is 0 Å². The van der Waals surface area contributed by atoms with E-state index in [1.165, 1.54) is 0 Å². The maximum Gasteiger partial charge on any atom is 0.106 e. The fourth-order valence-corrected chi connectivity index (χ4v) is 1.65. The SMILES string of the molecule is CC1=Nc2ccccc2C1(C)Cl. The average Bonchev–Trinajstić information content (AvgIpc) is 2.25. The zero-order chi connectivity index (χ0) is 8.77. The van der Waals surface area contributed by atoms with Gasteiger partial charge in [-0.3, -0.25) is 4.99 Å². The topological polar surface area (TPSA) is 12.4 Å². The Kier molecular flexibility index (Phi) is 1.52. The van der Waals surface area contributed by atoms with Crippen LogP contribution in [0.4, 0.5) is 5.69 Å². The van der Waals surface area contributed by atoms with E-state index in [1.54, 1.807) is 0 Å². The van der Waals surface area contributed by atoms with E-state index in [2.05, 4.69) is 4.99 Å². The van der Waals surface area contributed by atoms with E-state index in [1.807, 2.05) is 38.1 Å². The van der Waals surface area contributed by atoms with Crippen LogP contribution in [0.15, 0.2) is 29.3 Å². The molecule has 1 aliphatic rings. The van der Waals surface area contributed by atoms with Crippen LogP contribution in [0.25, 0.3) is 0 Å². The molecule has 2 heteroatoms. The minimum atomic E-state index is -0.392. The lowest BCUT2D eigenvalue weighted by atomic mass is 9.98. The van der Waals surface area contributed by atoms with Crippen molar-refractivity contribution in [2.24, 2.45) is 4.99 Å². The molecule has 1 aliphatic heterocycles. The Morgan fingerprint density at radius 3 is 2.67 bits per heavy atom. The Morgan fingerprint density at radius 2 is 2.00 bits per heavy atom. The molecule has 0 bridgehead atoms. The van der Waals surface area contributed by atoms with Gasteiger partial charge >= 0.3 is 0 Å². The first kappa shape index (κ1) is 7.81. The first-order valence-electron chi connectivity index (χ1n) is 3.96. The van der Waals surface area contributed by atoms with Gasteiger partial charge in [-0.25, -0.2) is 0 Å². The van der Waals surface area contributed by atoms with Crippen LogP contribution in [-0.4, -0.2) is 5.71 Å². The third kappa shape index (κ3) is 0.896. The van der Waals surface area contributed by atoms with Crippen molar-refractivity contribution in [1.82, 2.24) is 0 Å². The van der Waals surface area contributed by atoms with Crippen molar-refractivity contribution in [3.05, 3.63) is 29.8 Å². The normalized spacial score (nSPS) is 26.8. The molecule has 0 N–H and O–H groups in total. The smallest absolute Gasteiger partial charge is 0.106 e. The molecule has 0 saturated heterocycles. The predicted molar refractivity (Wildman–Crippen MR) is 52.4 cm³/mol. The molecule has 2 rings (SSSR count). The Morgan fingerprint density at radius 1 is 1.33 bits per heavy atom. The number of hydrogen-bond acceptors (Lipinski definition) is 1. The van der Waals surface area contributed by atoms with E-state index in [0.717, 1.165) is 17.0 Å². The Hall–Kier alpha value is -0.820. The van der Waals surface area contributed by atoms with E-state index in [-0.39, 0.29) is 0 Å². The van der Waals surface area contributed by atoms with Gasteiger partial charge in [0.2, 0.25) is 0 Å². The number of aliphatic imine (C=N–C) groups is 1. The molecule has 0 amide bonds. The fourth-order valence-electron chi connectivity index (χ4n) is 1.45. The lowest BCUT2D eigenvalue weighted by Gasteiger charge is -2.16. The first-order valence-corrected chi connectivity index (χ1v) is 4.34. The van der Waals surface area contributed by atoms with Crippen LogP contribution in [0.5, 0.6) is 0 Å². The first-order chi connectivity index (χ1) is 5.62. The molecule has 62 valence electrons. The highest BCUT2D eigenvalue weighted by Crippen LogP contribution is 2.42. The Balaban J connectivity index is 2.66. The molecule has 0 radical (unpaired) electrons. The van der Waals surface area contributed by atoms with Gasteiger partial charge in [-0.2, -0.15) is 0 Å². The summed E-state index contributed by atoms with van der Waals surface area (Å²) in [6.07, 6.45) is 0. The number of nitrogens with zero attached hydrogens (tertiary/aromatic N) is 1. The molecule has 1 heterocycles. The van der Waals surface area contributed by atoms with Gasteiger partial charge in [0.25, 0.3) is 0 Å². The highest BCUT2D eigenvalue weighted by molar-refractivity contribution is 6.37. The van der Waals surface area contributed by atoms with Crippen molar-refractivity contribution in [3.8, 4) is 0 Å². The van der Waals surface area contributed by atoms with Crippen LogP contribution in [0.2, 0.25) is 0 Å². The largest absolute Gasteiger partial charge is 0.256 e. The van der Waals surface area contributed by atoms with Crippen molar-refractivity contribution in [1.29, 1.82) is 0 Å². The summed E-state index contributed by atoms with van der Waals surface area (Å²) in [4.78, 5) is 4.00. The summed E-state index contributed by atoms with van der Waals surface area (Å²) in [5.74, 6) is 0. The van der Waals surface area contributed by atoms with E-state index >= 15 is 0 Å². The van der Waals surface area contributed by atoms with Crippen LogP contribution in [0.1, 0.15) is 19.4 Å². The van der Waals surface area contributed by atoms with Crippen LogP contribution in [0.3, 0.4) is 0 Å². The van der Waals surface area contributed by atoms with Gasteiger partial charge in [-0.1, -0.05) is 18.2 Å². The second-order valence-corrected chi connectivity index (χ2v) is 3.97. The third-order valence-electron chi connectivity index (χ3n) is 2.38. The molecule has 0 aromatic heterocycles. The molecular formula is C10H10ClN. The molecular weight excluding hydrogens is 170 g/mol. The molecule has 1 unspecified atom stereocenters. The number of para-hydroxylation sites is 1. The van der Waals surface area contributed by atoms with Crippen molar-refractivity contribution in [2.45, 2.75) is 18.7 Å². The molecule has 0 saturated carbocycles. The molecule has 1 atom stereocenters. The summed E-state index contributed by atoms with van der Waals surface area (Å²) in [7, 11) is 0. The van der Waals surface area contributed by atoms with E-state index in [0.29, 0.717) is 0 Å². The molecule has 0 spiro atoms. The number of hydrogen-bond donors (Lipinski definition) is 0. The summed E-state index contributed by atoms with van der Waals surface area (Å²) in [5.41, 5.74) is 3.10. The average molecular weight is 180 g/mol. The molecule has 0 fully saturated rings. The number of fused-ring (bicyclic) bond motifs is 1. The van der Waals surface area contributed by atoms with E-state index in [4.69, 9.17) is 11.6 Å². The van der Waals surface area contributed by atoms with Gasteiger partial charge in [0.15, 0.2) is 0 Å². The van der Waals surface area contributed by atoms with Crippen molar-refractivity contribution >= 4 is 23.0 Å². The van der Waals surface area contributed by atoms with Gasteiger partial charge < -0.3 is 0 Å². The number of halogens is 1. The van der Waals surface area contributed by atoms with Gasteiger partial charge in [-0.15, -0.1) is 11.6 Å². The van der Waals surface area contributed by atoms with Crippen LogP contribution in [-0.2, 0) is 4.87 Å². The molecule has 0 aliphatic carbocycles. The molecule has 12 heavy (non-hydrogen) atoms. The van der Waals surface area contributed by atoms with Gasteiger partial charge in [0, 0.05) is 11.3 Å². The minimum absolute atomic E-state index is 0.392. The third-order valence-corrected chi connectivity index (χ3v) is 2.85. The summed E-state index contributed by atoms with van der Waals surface area (Å²) in [6.45, 7) is 3.95. The minimum Gasteiger partial charge on any atom is -0.256 e. The molecule has 1 aromatic carbocycles.